The first-order valence-corrected chi connectivity index (χ1v) is 5.23. The van der Waals surface area contributed by atoms with Gasteiger partial charge in [-0.25, -0.2) is 13.6 Å². The van der Waals surface area contributed by atoms with Crippen molar-refractivity contribution in [2.24, 2.45) is 5.14 Å². The molecule has 0 atom stereocenters. The molecule has 1 rings (SSSR count). The number of sulfonamides is 1. The lowest BCUT2D eigenvalue weighted by atomic mass is 10.1. The summed E-state index contributed by atoms with van der Waals surface area (Å²) in [6, 6.07) is 4.63. The van der Waals surface area contributed by atoms with Crippen LogP contribution in [0.4, 0.5) is 0 Å². The summed E-state index contributed by atoms with van der Waals surface area (Å²) in [6.07, 6.45) is 0. The van der Waals surface area contributed by atoms with Crippen molar-refractivity contribution in [1.29, 1.82) is 0 Å². The van der Waals surface area contributed by atoms with Gasteiger partial charge in [0.25, 0.3) is 0 Å². The molecule has 0 unspecified atom stereocenters. The van der Waals surface area contributed by atoms with Crippen LogP contribution in [0.3, 0.4) is 0 Å². The number of primary sulfonamides is 1. The Hall–Kier alpha value is -0.910. The molecular weight excluding hydrogens is 190 g/mol. The van der Waals surface area contributed by atoms with E-state index >= 15 is 0 Å². The van der Waals surface area contributed by atoms with Crippen molar-refractivity contribution in [3.8, 4) is 0 Å². The molecule has 0 radical (unpaired) electrons. The Morgan fingerprint density at radius 2 is 2.08 bits per heavy atom. The molecule has 1 aromatic carbocycles. The third-order valence-electron chi connectivity index (χ3n) is 1.87. The van der Waals surface area contributed by atoms with Crippen molar-refractivity contribution < 1.29 is 13.5 Å². The van der Waals surface area contributed by atoms with Crippen LogP contribution < -0.4 is 5.14 Å². The second-order valence-corrected chi connectivity index (χ2v) is 4.27. The highest BCUT2D eigenvalue weighted by Crippen LogP contribution is 2.17. The van der Waals surface area contributed by atoms with E-state index in [1.165, 1.54) is 6.07 Å². The summed E-state index contributed by atoms with van der Waals surface area (Å²) < 4.78 is 22.0. The molecular formula is C8H11NO3S. The van der Waals surface area contributed by atoms with Gasteiger partial charge in [0.15, 0.2) is 0 Å². The summed E-state index contributed by atoms with van der Waals surface area (Å²) >= 11 is 0. The Balaban J connectivity index is 3.41. The van der Waals surface area contributed by atoms with E-state index in [1.54, 1.807) is 19.1 Å². The largest absolute Gasteiger partial charge is 0.392 e. The fourth-order valence-electron chi connectivity index (χ4n) is 1.14. The van der Waals surface area contributed by atoms with Crippen molar-refractivity contribution in [2.75, 3.05) is 0 Å². The maximum Gasteiger partial charge on any atom is 0.238 e. The number of hydrogen-bond acceptors (Lipinski definition) is 3. The summed E-state index contributed by atoms with van der Waals surface area (Å²) in [5, 5.41) is 13.8. The molecule has 0 aromatic heterocycles. The van der Waals surface area contributed by atoms with Gasteiger partial charge in [-0.3, -0.25) is 0 Å². The highest BCUT2D eigenvalue weighted by molar-refractivity contribution is 7.89. The lowest BCUT2D eigenvalue weighted by molar-refractivity contribution is 0.280. The first-order valence-electron chi connectivity index (χ1n) is 3.69. The average molecular weight is 201 g/mol. The quantitative estimate of drug-likeness (QED) is 0.714. The summed E-state index contributed by atoms with van der Waals surface area (Å²) in [4.78, 5) is 0.0686. The maximum atomic E-state index is 11.0. The summed E-state index contributed by atoms with van der Waals surface area (Å²) in [7, 11) is -3.68. The van der Waals surface area contributed by atoms with Crippen LogP contribution in [0.25, 0.3) is 0 Å². The van der Waals surface area contributed by atoms with Crippen molar-refractivity contribution in [3.63, 3.8) is 0 Å². The van der Waals surface area contributed by atoms with E-state index in [0.717, 1.165) is 0 Å². The third kappa shape index (κ3) is 2.06. The van der Waals surface area contributed by atoms with Gasteiger partial charge >= 0.3 is 0 Å². The third-order valence-corrected chi connectivity index (χ3v) is 2.93. The minimum absolute atomic E-state index is 0.0686. The van der Waals surface area contributed by atoms with Gasteiger partial charge < -0.3 is 5.11 Å². The number of nitrogens with two attached hydrogens (primary N) is 1. The van der Waals surface area contributed by atoms with E-state index in [-0.39, 0.29) is 11.5 Å². The smallest absolute Gasteiger partial charge is 0.238 e. The predicted octanol–water partition coefficient (Wildman–Crippen LogP) is 0.135. The van der Waals surface area contributed by atoms with Crippen LogP contribution in [0.2, 0.25) is 0 Å². The van der Waals surface area contributed by atoms with E-state index < -0.39 is 10.0 Å². The molecule has 72 valence electrons. The zero-order valence-corrected chi connectivity index (χ0v) is 8.00. The summed E-state index contributed by atoms with van der Waals surface area (Å²) in [5.41, 5.74) is 1.08. The van der Waals surface area contributed by atoms with Crippen LogP contribution in [-0.2, 0) is 16.6 Å². The minimum atomic E-state index is -3.68. The fraction of sp³-hybridized carbons (Fsp3) is 0.250. The molecule has 0 amide bonds. The summed E-state index contributed by atoms with van der Waals surface area (Å²) in [6.45, 7) is 1.43. The van der Waals surface area contributed by atoms with Crippen LogP contribution in [0.15, 0.2) is 23.1 Å². The number of aliphatic hydroxyl groups is 1. The van der Waals surface area contributed by atoms with Crippen molar-refractivity contribution >= 4 is 10.0 Å². The zero-order valence-electron chi connectivity index (χ0n) is 7.19. The standard InChI is InChI=1S/C8H11NO3S/c1-6-7(5-10)3-2-4-8(6)13(9,11)12/h2-4,10H,5H2,1H3,(H2,9,11,12). The lowest BCUT2D eigenvalue weighted by Crippen LogP contribution is -2.14. The average Bonchev–Trinajstić information content (AvgIpc) is 2.02. The van der Waals surface area contributed by atoms with Crippen LogP contribution in [-0.4, -0.2) is 13.5 Å². The highest BCUT2D eigenvalue weighted by Gasteiger charge is 2.12. The van der Waals surface area contributed by atoms with Crippen LogP contribution in [0.5, 0.6) is 0 Å². The van der Waals surface area contributed by atoms with Gasteiger partial charge in [-0.05, 0) is 24.1 Å². The van der Waals surface area contributed by atoms with Gasteiger partial charge in [-0.15, -0.1) is 0 Å². The van der Waals surface area contributed by atoms with E-state index in [1.807, 2.05) is 0 Å². The van der Waals surface area contributed by atoms with Crippen molar-refractivity contribution in [3.05, 3.63) is 29.3 Å². The van der Waals surface area contributed by atoms with E-state index in [9.17, 15) is 8.42 Å². The van der Waals surface area contributed by atoms with Crippen molar-refractivity contribution in [1.82, 2.24) is 0 Å². The monoisotopic (exact) mass is 201 g/mol. The topological polar surface area (TPSA) is 80.4 Å². The normalized spacial score (nSPS) is 11.6. The highest BCUT2D eigenvalue weighted by atomic mass is 32.2. The fourth-order valence-corrected chi connectivity index (χ4v) is 1.97. The first kappa shape index (κ1) is 10.2. The molecule has 0 heterocycles. The number of hydrogen-bond donors (Lipinski definition) is 2. The van der Waals surface area contributed by atoms with E-state index in [0.29, 0.717) is 11.1 Å². The van der Waals surface area contributed by atoms with Gasteiger partial charge in [-0.1, -0.05) is 12.1 Å². The van der Waals surface area contributed by atoms with Gasteiger partial charge in [-0.2, -0.15) is 0 Å². The zero-order chi connectivity index (χ0) is 10.1. The number of rotatable bonds is 2. The second-order valence-electron chi connectivity index (χ2n) is 2.74. The molecule has 0 aliphatic heterocycles. The van der Waals surface area contributed by atoms with Gasteiger partial charge in [0.1, 0.15) is 0 Å². The van der Waals surface area contributed by atoms with Gasteiger partial charge in [0.2, 0.25) is 10.0 Å². The minimum Gasteiger partial charge on any atom is -0.392 e. The van der Waals surface area contributed by atoms with Gasteiger partial charge in [0, 0.05) is 0 Å². The Morgan fingerprint density at radius 3 is 2.54 bits per heavy atom. The Morgan fingerprint density at radius 1 is 1.46 bits per heavy atom. The maximum absolute atomic E-state index is 11.0. The molecule has 5 heteroatoms. The molecule has 0 aliphatic rings. The molecule has 4 nitrogen and oxygen atoms in total. The molecule has 0 saturated heterocycles. The van der Waals surface area contributed by atoms with Gasteiger partial charge in [0.05, 0.1) is 11.5 Å². The lowest BCUT2D eigenvalue weighted by Gasteiger charge is -2.06. The van der Waals surface area contributed by atoms with E-state index in [2.05, 4.69) is 0 Å². The molecule has 0 aliphatic carbocycles. The molecule has 13 heavy (non-hydrogen) atoms. The van der Waals surface area contributed by atoms with E-state index in [4.69, 9.17) is 10.2 Å². The van der Waals surface area contributed by atoms with Crippen LogP contribution in [0.1, 0.15) is 11.1 Å². The molecule has 1 aromatic rings. The summed E-state index contributed by atoms with van der Waals surface area (Å²) in [5.74, 6) is 0. The Labute approximate surface area is 77.1 Å². The second kappa shape index (κ2) is 3.45. The molecule has 0 spiro atoms. The first-order chi connectivity index (χ1) is 5.96. The SMILES string of the molecule is Cc1c(CO)cccc1S(N)(=O)=O. The molecule has 0 saturated carbocycles. The molecule has 0 bridgehead atoms. The van der Waals surface area contributed by atoms with Crippen LogP contribution in [0, 0.1) is 6.92 Å². The van der Waals surface area contributed by atoms with Crippen LogP contribution >= 0.6 is 0 Å². The van der Waals surface area contributed by atoms with Crippen molar-refractivity contribution in [2.45, 2.75) is 18.4 Å². The molecule has 3 N–H and O–H groups in total. The Bertz CT molecular complexity index is 411. The molecule has 0 fully saturated rings. The predicted molar refractivity (Wildman–Crippen MR) is 48.5 cm³/mol. The number of benzene rings is 1. The number of aliphatic hydroxyl groups excluding tert-OH is 1. The Kier molecular flexibility index (Phi) is 2.70.